The maximum atomic E-state index is 13.2. The van der Waals surface area contributed by atoms with Gasteiger partial charge in [0.1, 0.15) is 18.2 Å². The lowest BCUT2D eigenvalue weighted by atomic mass is 9.77. The summed E-state index contributed by atoms with van der Waals surface area (Å²) in [6.45, 7) is 0.325. The highest BCUT2D eigenvalue weighted by molar-refractivity contribution is 6.30. The van der Waals surface area contributed by atoms with E-state index in [0.29, 0.717) is 29.2 Å². The van der Waals surface area contributed by atoms with Gasteiger partial charge in [-0.2, -0.15) is 0 Å². The van der Waals surface area contributed by atoms with E-state index in [4.69, 9.17) is 16.3 Å². The molecule has 0 saturated carbocycles. The topological polar surface area (TPSA) is 33.6 Å². The fourth-order valence-corrected chi connectivity index (χ4v) is 5.46. The Hall–Kier alpha value is -3.89. The molecule has 3 nitrogen and oxygen atoms in total. The normalized spacial score (nSPS) is 19.9. The Morgan fingerprint density at radius 2 is 1.78 bits per heavy atom. The van der Waals surface area contributed by atoms with E-state index in [2.05, 4.69) is 71.0 Å². The summed E-state index contributed by atoms with van der Waals surface area (Å²) < 4.78 is 19.2. The predicted octanol–water partition coefficient (Wildman–Crippen LogP) is 8.64. The van der Waals surface area contributed by atoms with Crippen LogP contribution in [0.3, 0.4) is 0 Å². The molecule has 0 spiro atoms. The van der Waals surface area contributed by atoms with E-state index in [9.17, 15) is 4.39 Å². The summed E-state index contributed by atoms with van der Waals surface area (Å²) >= 11 is 6.25. The van der Waals surface area contributed by atoms with Crippen molar-refractivity contribution in [1.29, 1.82) is 0 Å². The largest absolute Gasteiger partial charge is 0.488 e. The maximum Gasteiger partial charge on any atom is 0.128 e. The Kier molecular flexibility index (Phi) is 6.50. The lowest BCUT2D eigenvalue weighted by molar-refractivity contribution is 0.305. The molecule has 6 rings (SSSR count). The van der Waals surface area contributed by atoms with Crippen LogP contribution in [-0.4, -0.2) is 6.21 Å². The zero-order valence-corrected chi connectivity index (χ0v) is 20.9. The molecule has 1 aliphatic carbocycles. The number of nitrogens with zero attached hydrogens (tertiary/aromatic N) is 1. The van der Waals surface area contributed by atoms with Crippen molar-refractivity contribution in [2.75, 3.05) is 5.32 Å². The quantitative estimate of drug-likeness (QED) is 0.209. The molecule has 5 heteroatoms. The monoisotopic (exact) mass is 508 g/mol. The summed E-state index contributed by atoms with van der Waals surface area (Å²) in [5, 5.41) is 4.38. The fourth-order valence-electron chi connectivity index (χ4n) is 5.28. The smallest absolute Gasteiger partial charge is 0.128 e. The van der Waals surface area contributed by atoms with E-state index >= 15 is 0 Å². The van der Waals surface area contributed by atoms with Gasteiger partial charge in [0, 0.05) is 28.4 Å². The summed E-state index contributed by atoms with van der Waals surface area (Å²) in [5.41, 5.74) is 6.38. The first kappa shape index (κ1) is 23.5. The molecule has 3 atom stereocenters. The van der Waals surface area contributed by atoms with Crippen molar-refractivity contribution in [3.8, 4) is 5.75 Å². The van der Waals surface area contributed by atoms with Crippen molar-refractivity contribution in [3.05, 3.63) is 136 Å². The Morgan fingerprint density at radius 1 is 0.973 bits per heavy atom. The van der Waals surface area contributed by atoms with Gasteiger partial charge < -0.3 is 10.1 Å². The number of halogens is 2. The highest BCUT2D eigenvalue weighted by Crippen LogP contribution is 2.49. The predicted molar refractivity (Wildman–Crippen MR) is 149 cm³/mol. The van der Waals surface area contributed by atoms with Crippen LogP contribution in [0.4, 0.5) is 15.8 Å². The number of allylic oxidation sites excluding steroid dienone is 2. The number of aliphatic imine (C=N–C) groups is 1. The van der Waals surface area contributed by atoms with Crippen molar-refractivity contribution in [2.24, 2.45) is 10.9 Å². The minimum atomic E-state index is -0.266. The third-order valence-corrected chi connectivity index (χ3v) is 7.39. The molecule has 0 bridgehead atoms. The average Bonchev–Trinajstić information content (AvgIpc) is 3.43. The first-order chi connectivity index (χ1) is 18.1. The van der Waals surface area contributed by atoms with Gasteiger partial charge in [0.15, 0.2) is 0 Å². The molecule has 0 fully saturated rings. The number of rotatable bonds is 6. The lowest BCUT2D eigenvalue weighted by Crippen LogP contribution is -2.28. The number of fused-ring (bicyclic) bond motifs is 3. The van der Waals surface area contributed by atoms with E-state index in [1.165, 1.54) is 28.9 Å². The van der Waals surface area contributed by atoms with E-state index < -0.39 is 0 Å². The average molecular weight is 509 g/mol. The van der Waals surface area contributed by atoms with Gasteiger partial charge in [-0.05, 0) is 77.6 Å². The molecule has 37 heavy (non-hydrogen) atoms. The number of hydrogen-bond acceptors (Lipinski definition) is 3. The van der Waals surface area contributed by atoms with Gasteiger partial charge >= 0.3 is 0 Å². The number of anilines is 1. The van der Waals surface area contributed by atoms with E-state index in [1.807, 2.05) is 12.1 Å². The van der Waals surface area contributed by atoms with Crippen LogP contribution in [0.15, 0.2) is 108 Å². The SMILES string of the molecule is Fc1ccc(COc2ccc(Cl)cc2C=Nc2ccc([C@@H]3Nc4ccccc4[C@H]4C=CC[C@H]43)cc2)cc1. The van der Waals surface area contributed by atoms with Crippen LogP contribution >= 0.6 is 11.6 Å². The van der Waals surface area contributed by atoms with Crippen molar-refractivity contribution in [3.63, 3.8) is 0 Å². The molecule has 1 aliphatic heterocycles. The Labute approximate surface area is 221 Å². The van der Waals surface area contributed by atoms with Gasteiger partial charge in [-0.25, -0.2) is 4.39 Å². The van der Waals surface area contributed by atoms with Gasteiger partial charge in [0.2, 0.25) is 0 Å². The molecule has 4 aromatic rings. The van der Waals surface area contributed by atoms with Crippen molar-refractivity contribution in [1.82, 2.24) is 0 Å². The summed E-state index contributed by atoms with van der Waals surface area (Å²) in [7, 11) is 0. The van der Waals surface area contributed by atoms with Gasteiger partial charge in [0.05, 0.1) is 11.7 Å². The third kappa shape index (κ3) is 5.03. The first-order valence-electron chi connectivity index (χ1n) is 12.5. The van der Waals surface area contributed by atoms with Gasteiger partial charge in [-0.15, -0.1) is 0 Å². The lowest BCUT2D eigenvalue weighted by Gasteiger charge is -2.37. The standard InChI is InChI=1S/C32H26ClFN2O/c33-24-12-17-31(37-20-21-8-13-25(34)14-9-21)23(18-24)19-35-26-15-10-22(11-16-26)32-29-6-3-5-27(29)28-4-1-2-7-30(28)36-32/h1-5,7-19,27,29,32,36H,6,20H2/t27-,29-,32+/m1/s1. The Morgan fingerprint density at radius 3 is 2.62 bits per heavy atom. The summed E-state index contributed by atoms with van der Waals surface area (Å²) in [4.78, 5) is 4.69. The number of para-hydroxylation sites is 1. The highest BCUT2D eigenvalue weighted by Gasteiger charge is 2.37. The molecule has 0 saturated heterocycles. The summed E-state index contributed by atoms with van der Waals surface area (Å²) in [6.07, 6.45) is 7.52. The number of benzene rings is 4. The fraction of sp³-hybridized carbons (Fsp3) is 0.156. The van der Waals surface area contributed by atoms with Crippen molar-refractivity contribution < 1.29 is 9.13 Å². The molecule has 1 heterocycles. The molecule has 0 radical (unpaired) electrons. The van der Waals surface area contributed by atoms with Crippen molar-refractivity contribution in [2.45, 2.75) is 25.0 Å². The Balaban J connectivity index is 1.18. The molecule has 2 aliphatic rings. The number of hydrogen-bond donors (Lipinski definition) is 1. The zero-order valence-electron chi connectivity index (χ0n) is 20.1. The van der Waals surface area contributed by atoms with Gasteiger partial charge in [-0.3, -0.25) is 4.99 Å². The molecule has 1 N–H and O–H groups in total. The third-order valence-electron chi connectivity index (χ3n) is 7.16. The molecule has 0 unspecified atom stereocenters. The van der Waals surface area contributed by atoms with E-state index in [-0.39, 0.29) is 11.9 Å². The molecule has 184 valence electrons. The molecule has 0 amide bonds. The first-order valence-corrected chi connectivity index (χ1v) is 12.8. The van der Waals surface area contributed by atoms with E-state index in [1.54, 1.807) is 24.4 Å². The zero-order chi connectivity index (χ0) is 25.2. The van der Waals surface area contributed by atoms with Gasteiger partial charge in [0.25, 0.3) is 0 Å². The van der Waals surface area contributed by atoms with Crippen LogP contribution in [-0.2, 0) is 6.61 Å². The van der Waals surface area contributed by atoms with Crippen LogP contribution in [0.1, 0.15) is 40.6 Å². The Bertz CT molecular complexity index is 1460. The van der Waals surface area contributed by atoms with Crippen molar-refractivity contribution >= 4 is 29.2 Å². The molecule has 4 aromatic carbocycles. The van der Waals surface area contributed by atoms with Crippen LogP contribution in [0.2, 0.25) is 5.02 Å². The molecular formula is C32H26ClFN2O. The second-order valence-corrected chi connectivity index (χ2v) is 9.95. The van der Waals surface area contributed by atoms with E-state index in [0.717, 1.165) is 23.2 Å². The molecule has 0 aromatic heterocycles. The highest BCUT2D eigenvalue weighted by atomic mass is 35.5. The van der Waals surface area contributed by atoms with Crippen LogP contribution < -0.4 is 10.1 Å². The number of nitrogens with one attached hydrogen (secondary N) is 1. The number of ether oxygens (including phenoxy) is 1. The summed E-state index contributed by atoms with van der Waals surface area (Å²) in [6, 6.07) is 29.0. The second kappa shape index (κ2) is 10.2. The van der Waals surface area contributed by atoms with Crippen LogP contribution in [0, 0.1) is 11.7 Å². The summed E-state index contributed by atoms with van der Waals surface area (Å²) in [5.74, 6) is 1.37. The van der Waals surface area contributed by atoms with Gasteiger partial charge in [-0.1, -0.05) is 66.2 Å². The maximum absolute atomic E-state index is 13.2. The molecular weight excluding hydrogens is 483 g/mol. The second-order valence-electron chi connectivity index (χ2n) is 9.51. The van der Waals surface area contributed by atoms with Crippen LogP contribution in [0.5, 0.6) is 5.75 Å². The van der Waals surface area contributed by atoms with Crippen LogP contribution in [0.25, 0.3) is 0 Å². The minimum Gasteiger partial charge on any atom is -0.488 e. The minimum absolute atomic E-state index is 0.257.